The lowest BCUT2D eigenvalue weighted by molar-refractivity contribution is -0.137. The van der Waals surface area contributed by atoms with Crippen LogP contribution in [-0.4, -0.2) is 35.1 Å². The topological polar surface area (TPSA) is 69.6 Å². The minimum Gasteiger partial charge on any atom is -0.480 e. The third-order valence-corrected chi connectivity index (χ3v) is 2.80. The van der Waals surface area contributed by atoms with Crippen LogP contribution in [0, 0.1) is 0 Å². The lowest BCUT2D eigenvalue weighted by Gasteiger charge is -2.32. The molecular formula is C12H14N2O3. The molecule has 1 aromatic carbocycles. The Morgan fingerprint density at radius 1 is 1.41 bits per heavy atom. The monoisotopic (exact) mass is 234 g/mol. The lowest BCUT2D eigenvalue weighted by atomic mass is 10.0. The van der Waals surface area contributed by atoms with E-state index in [0.29, 0.717) is 6.54 Å². The van der Waals surface area contributed by atoms with Gasteiger partial charge in [-0.15, -0.1) is 0 Å². The van der Waals surface area contributed by atoms with Gasteiger partial charge >= 0.3 is 12.0 Å². The molecule has 0 radical (unpaired) electrons. The Morgan fingerprint density at radius 3 is 2.71 bits per heavy atom. The molecule has 2 amide bonds. The number of benzene rings is 1. The van der Waals surface area contributed by atoms with Crippen LogP contribution in [0.4, 0.5) is 4.79 Å². The van der Waals surface area contributed by atoms with E-state index in [-0.39, 0.29) is 18.6 Å². The van der Waals surface area contributed by atoms with Crippen molar-refractivity contribution in [1.29, 1.82) is 0 Å². The molecule has 1 heterocycles. The molecular weight excluding hydrogens is 220 g/mol. The van der Waals surface area contributed by atoms with Gasteiger partial charge in [0.1, 0.15) is 6.54 Å². The Bertz CT molecular complexity index is 419. The summed E-state index contributed by atoms with van der Waals surface area (Å²) >= 11 is 0. The van der Waals surface area contributed by atoms with Crippen LogP contribution in [-0.2, 0) is 4.79 Å². The minimum absolute atomic E-state index is 0.0197. The molecule has 1 fully saturated rings. The average molecular weight is 234 g/mol. The predicted octanol–water partition coefficient (Wildman–Crippen LogP) is 1.23. The van der Waals surface area contributed by atoms with E-state index in [4.69, 9.17) is 5.11 Å². The fraction of sp³-hybridized carbons (Fsp3) is 0.333. The first kappa shape index (κ1) is 11.4. The molecule has 0 unspecified atom stereocenters. The van der Waals surface area contributed by atoms with Crippen molar-refractivity contribution in [3.8, 4) is 0 Å². The van der Waals surface area contributed by atoms with Crippen LogP contribution in [0.15, 0.2) is 30.3 Å². The summed E-state index contributed by atoms with van der Waals surface area (Å²) < 4.78 is 0. The van der Waals surface area contributed by atoms with Crippen molar-refractivity contribution in [3.63, 3.8) is 0 Å². The molecule has 0 aliphatic carbocycles. The number of urea groups is 1. The van der Waals surface area contributed by atoms with E-state index in [1.54, 1.807) is 0 Å². The third-order valence-electron chi connectivity index (χ3n) is 2.80. The molecule has 17 heavy (non-hydrogen) atoms. The van der Waals surface area contributed by atoms with Gasteiger partial charge in [-0.3, -0.25) is 4.79 Å². The predicted molar refractivity (Wildman–Crippen MR) is 61.5 cm³/mol. The van der Waals surface area contributed by atoms with E-state index in [9.17, 15) is 9.59 Å². The van der Waals surface area contributed by atoms with E-state index in [2.05, 4.69) is 5.32 Å². The van der Waals surface area contributed by atoms with Gasteiger partial charge in [-0.25, -0.2) is 4.79 Å². The maximum atomic E-state index is 11.7. The van der Waals surface area contributed by atoms with Crippen molar-refractivity contribution in [3.05, 3.63) is 35.9 Å². The van der Waals surface area contributed by atoms with Gasteiger partial charge in [0.25, 0.3) is 0 Å². The summed E-state index contributed by atoms with van der Waals surface area (Å²) in [6, 6.07) is 9.35. The van der Waals surface area contributed by atoms with Crippen LogP contribution in [0.3, 0.4) is 0 Å². The van der Waals surface area contributed by atoms with E-state index in [1.165, 1.54) is 4.90 Å². The molecule has 5 heteroatoms. The summed E-state index contributed by atoms with van der Waals surface area (Å²) in [6.45, 7) is 0.227. The molecule has 1 aliphatic rings. The van der Waals surface area contributed by atoms with Crippen LogP contribution in [0.1, 0.15) is 18.0 Å². The average Bonchev–Trinajstić information content (AvgIpc) is 2.32. The maximum Gasteiger partial charge on any atom is 0.323 e. The smallest absolute Gasteiger partial charge is 0.323 e. The Morgan fingerprint density at radius 2 is 2.12 bits per heavy atom. The molecule has 2 rings (SSSR count). The van der Waals surface area contributed by atoms with E-state index in [1.807, 2.05) is 30.3 Å². The quantitative estimate of drug-likeness (QED) is 0.826. The normalized spacial score (nSPS) is 19.9. The second kappa shape index (κ2) is 4.86. The summed E-state index contributed by atoms with van der Waals surface area (Å²) in [6.07, 6.45) is 0.725. The van der Waals surface area contributed by atoms with Gasteiger partial charge in [0, 0.05) is 6.54 Å². The number of carbonyl (C=O) groups is 2. The second-order valence-corrected chi connectivity index (χ2v) is 4.02. The van der Waals surface area contributed by atoms with Crippen LogP contribution in [0.5, 0.6) is 0 Å². The van der Waals surface area contributed by atoms with Gasteiger partial charge < -0.3 is 15.3 Å². The number of aliphatic carboxylic acids is 1. The largest absolute Gasteiger partial charge is 0.480 e. The number of rotatable bonds is 3. The maximum absolute atomic E-state index is 11.7. The van der Waals surface area contributed by atoms with Crippen molar-refractivity contribution in [2.24, 2.45) is 0 Å². The van der Waals surface area contributed by atoms with Crippen molar-refractivity contribution < 1.29 is 14.7 Å². The van der Waals surface area contributed by atoms with Crippen molar-refractivity contribution in [2.45, 2.75) is 12.5 Å². The highest BCUT2D eigenvalue weighted by Crippen LogP contribution is 2.20. The van der Waals surface area contributed by atoms with Crippen LogP contribution < -0.4 is 5.32 Å². The van der Waals surface area contributed by atoms with Gasteiger partial charge in [-0.2, -0.15) is 0 Å². The Labute approximate surface area is 99.0 Å². The number of carboxylic acids is 1. The highest BCUT2D eigenvalue weighted by molar-refractivity contribution is 5.81. The molecule has 90 valence electrons. The first-order chi connectivity index (χ1) is 8.16. The van der Waals surface area contributed by atoms with Crippen molar-refractivity contribution in [1.82, 2.24) is 10.2 Å². The number of hydrogen-bond donors (Lipinski definition) is 2. The number of carbonyl (C=O) groups excluding carboxylic acids is 1. The molecule has 5 nitrogen and oxygen atoms in total. The fourth-order valence-electron chi connectivity index (χ4n) is 1.95. The molecule has 0 saturated carbocycles. The molecule has 0 aromatic heterocycles. The Kier molecular flexibility index (Phi) is 3.27. The van der Waals surface area contributed by atoms with Gasteiger partial charge in [-0.05, 0) is 12.0 Å². The van der Waals surface area contributed by atoms with Crippen LogP contribution in [0.25, 0.3) is 0 Å². The van der Waals surface area contributed by atoms with Gasteiger partial charge in [0.15, 0.2) is 0 Å². The fourth-order valence-corrected chi connectivity index (χ4v) is 1.95. The zero-order valence-electron chi connectivity index (χ0n) is 9.30. The number of nitrogens with zero attached hydrogens (tertiary/aromatic N) is 1. The third kappa shape index (κ3) is 2.75. The summed E-state index contributed by atoms with van der Waals surface area (Å²) in [5.41, 5.74) is 1.05. The minimum atomic E-state index is -0.988. The summed E-state index contributed by atoms with van der Waals surface area (Å²) in [5, 5.41) is 11.5. The standard InChI is InChI=1S/C12H14N2O3/c15-11(16)8-14-7-6-10(13-12(14)17)9-4-2-1-3-5-9/h1-5,10H,6-8H2,(H,13,17)(H,15,16)/t10-/m0/s1. The highest BCUT2D eigenvalue weighted by atomic mass is 16.4. The molecule has 1 atom stereocenters. The molecule has 1 aliphatic heterocycles. The molecule has 2 N–H and O–H groups in total. The number of nitrogens with one attached hydrogen (secondary N) is 1. The summed E-state index contributed by atoms with van der Waals surface area (Å²) in [7, 11) is 0. The Hall–Kier alpha value is -2.04. The zero-order valence-corrected chi connectivity index (χ0v) is 9.30. The number of amides is 2. The second-order valence-electron chi connectivity index (χ2n) is 4.02. The Balaban J connectivity index is 2.00. The highest BCUT2D eigenvalue weighted by Gasteiger charge is 2.26. The van der Waals surface area contributed by atoms with Crippen LogP contribution in [0.2, 0.25) is 0 Å². The summed E-state index contributed by atoms with van der Waals surface area (Å²) in [4.78, 5) is 23.5. The molecule has 1 saturated heterocycles. The summed E-state index contributed by atoms with van der Waals surface area (Å²) in [5.74, 6) is -0.988. The van der Waals surface area contributed by atoms with Gasteiger partial charge in [-0.1, -0.05) is 30.3 Å². The first-order valence-electron chi connectivity index (χ1n) is 5.49. The van der Waals surface area contributed by atoms with E-state index >= 15 is 0 Å². The van der Waals surface area contributed by atoms with Crippen LogP contribution >= 0.6 is 0 Å². The SMILES string of the molecule is O=C(O)CN1CC[C@@H](c2ccccc2)NC1=O. The first-order valence-corrected chi connectivity index (χ1v) is 5.49. The lowest BCUT2D eigenvalue weighted by Crippen LogP contribution is -2.49. The van der Waals surface area contributed by atoms with Crippen molar-refractivity contribution in [2.75, 3.05) is 13.1 Å². The molecule has 0 spiro atoms. The number of hydrogen-bond acceptors (Lipinski definition) is 2. The zero-order chi connectivity index (χ0) is 12.3. The van der Waals surface area contributed by atoms with E-state index in [0.717, 1.165) is 12.0 Å². The molecule has 0 bridgehead atoms. The van der Waals surface area contributed by atoms with E-state index < -0.39 is 5.97 Å². The van der Waals surface area contributed by atoms with Gasteiger partial charge in [0.2, 0.25) is 0 Å². The number of carboxylic acid groups (broad SMARTS) is 1. The van der Waals surface area contributed by atoms with Crippen molar-refractivity contribution >= 4 is 12.0 Å². The molecule has 1 aromatic rings. The van der Waals surface area contributed by atoms with Gasteiger partial charge in [0.05, 0.1) is 6.04 Å².